The molecule has 4 aromatic rings. The van der Waals surface area contributed by atoms with Gasteiger partial charge in [-0.2, -0.15) is 5.26 Å². The topological polar surface area (TPSA) is 49.6 Å². The molecule has 0 radical (unpaired) electrons. The minimum absolute atomic E-state index is 0.457. The summed E-state index contributed by atoms with van der Waals surface area (Å²) in [6.07, 6.45) is 0. The molecule has 0 saturated heterocycles. The molecule has 1 heterocycles. The fourth-order valence-electron chi connectivity index (χ4n) is 2.93. The van der Waals surface area contributed by atoms with Crippen molar-refractivity contribution in [1.29, 1.82) is 5.26 Å². The van der Waals surface area contributed by atoms with E-state index in [9.17, 15) is 5.26 Å². The van der Waals surface area contributed by atoms with E-state index in [0.29, 0.717) is 27.8 Å². The Balaban J connectivity index is 2.03. The lowest BCUT2D eigenvalue weighted by Gasteiger charge is -2.12. The maximum Gasteiger partial charge on any atom is 0.160 e. The van der Waals surface area contributed by atoms with Crippen LogP contribution in [0.2, 0.25) is 5.02 Å². The van der Waals surface area contributed by atoms with E-state index in [0.717, 1.165) is 16.7 Å². The maximum absolute atomic E-state index is 9.88. The van der Waals surface area contributed by atoms with E-state index in [1.165, 1.54) is 0 Å². The molecular formula is C23H14ClN3. The van der Waals surface area contributed by atoms with Gasteiger partial charge in [-0.05, 0) is 12.1 Å². The lowest BCUT2D eigenvalue weighted by Crippen LogP contribution is -2.01. The van der Waals surface area contributed by atoms with E-state index < -0.39 is 0 Å². The minimum Gasteiger partial charge on any atom is -0.227 e. The number of rotatable bonds is 3. The molecule has 0 amide bonds. The van der Waals surface area contributed by atoms with Gasteiger partial charge in [0.1, 0.15) is 11.6 Å². The molecule has 0 aliphatic heterocycles. The SMILES string of the molecule is N#Cc1c(-c2ccccc2)nc(-c2cccc(Cl)c2)nc1-c1ccccc1. The Hall–Kier alpha value is -3.48. The molecule has 4 heteroatoms. The highest BCUT2D eigenvalue weighted by Gasteiger charge is 2.18. The molecule has 0 N–H and O–H groups in total. The van der Waals surface area contributed by atoms with Crippen molar-refractivity contribution in [3.63, 3.8) is 0 Å². The van der Waals surface area contributed by atoms with E-state index in [-0.39, 0.29) is 0 Å². The van der Waals surface area contributed by atoms with Crippen molar-refractivity contribution in [2.24, 2.45) is 0 Å². The molecule has 0 saturated carbocycles. The van der Waals surface area contributed by atoms with Gasteiger partial charge in [-0.25, -0.2) is 9.97 Å². The summed E-state index contributed by atoms with van der Waals surface area (Å²) in [5.74, 6) is 0.536. The van der Waals surface area contributed by atoms with Gasteiger partial charge in [0, 0.05) is 21.7 Å². The Labute approximate surface area is 162 Å². The molecule has 0 bridgehead atoms. The molecule has 3 aromatic carbocycles. The number of nitrogens with zero attached hydrogens (tertiary/aromatic N) is 3. The lowest BCUT2D eigenvalue weighted by molar-refractivity contribution is 1.17. The monoisotopic (exact) mass is 367 g/mol. The van der Waals surface area contributed by atoms with Gasteiger partial charge in [0.2, 0.25) is 0 Å². The zero-order chi connectivity index (χ0) is 18.6. The zero-order valence-corrected chi connectivity index (χ0v) is 15.1. The second kappa shape index (κ2) is 7.41. The summed E-state index contributed by atoms with van der Waals surface area (Å²) in [6.45, 7) is 0. The van der Waals surface area contributed by atoms with Crippen LogP contribution in [-0.4, -0.2) is 9.97 Å². The minimum atomic E-state index is 0.457. The Morgan fingerprint density at radius 2 is 1.19 bits per heavy atom. The summed E-state index contributed by atoms with van der Waals surface area (Å²) in [5.41, 5.74) is 4.23. The largest absolute Gasteiger partial charge is 0.227 e. The summed E-state index contributed by atoms with van der Waals surface area (Å²) < 4.78 is 0. The van der Waals surface area contributed by atoms with Crippen LogP contribution < -0.4 is 0 Å². The van der Waals surface area contributed by atoms with E-state index in [2.05, 4.69) is 6.07 Å². The van der Waals surface area contributed by atoms with Crippen molar-refractivity contribution in [3.8, 4) is 40.0 Å². The summed E-state index contributed by atoms with van der Waals surface area (Å²) >= 11 is 6.16. The number of halogens is 1. The Bertz CT molecular complexity index is 1070. The Morgan fingerprint density at radius 3 is 1.67 bits per heavy atom. The Morgan fingerprint density at radius 1 is 0.667 bits per heavy atom. The maximum atomic E-state index is 9.88. The van der Waals surface area contributed by atoms with Gasteiger partial charge in [-0.1, -0.05) is 84.4 Å². The van der Waals surface area contributed by atoms with Gasteiger partial charge < -0.3 is 0 Å². The summed E-state index contributed by atoms with van der Waals surface area (Å²) in [5, 5.41) is 10.5. The lowest BCUT2D eigenvalue weighted by atomic mass is 10.0. The van der Waals surface area contributed by atoms with Crippen molar-refractivity contribution >= 4 is 11.6 Å². The van der Waals surface area contributed by atoms with Crippen LogP contribution in [0.4, 0.5) is 0 Å². The molecule has 4 rings (SSSR count). The number of aromatic nitrogens is 2. The third-order valence-corrected chi connectivity index (χ3v) is 4.43. The molecule has 128 valence electrons. The van der Waals surface area contributed by atoms with Crippen LogP contribution in [0, 0.1) is 11.3 Å². The number of hydrogen-bond acceptors (Lipinski definition) is 3. The molecule has 0 spiro atoms. The Kier molecular flexibility index (Phi) is 4.65. The zero-order valence-electron chi connectivity index (χ0n) is 14.3. The summed E-state index contributed by atoms with van der Waals surface area (Å²) in [4.78, 5) is 9.44. The van der Waals surface area contributed by atoms with Gasteiger partial charge >= 0.3 is 0 Å². The number of benzene rings is 3. The van der Waals surface area contributed by atoms with E-state index >= 15 is 0 Å². The first-order chi connectivity index (χ1) is 13.3. The second-order valence-electron chi connectivity index (χ2n) is 5.97. The summed E-state index contributed by atoms with van der Waals surface area (Å²) in [7, 11) is 0. The average Bonchev–Trinajstić information content (AvgIpc) is 2.74. The van der Waals surface area contributed by atoms with E-state index in [1.807, 2.05) is 84.9 Å². The predicted octanol–water partition coefficient (Wildman–Crippen LogP) is 6.00. The first-order valence-corrected chi connectivity index (χ1v) is 8.83. The predicted molar refractivity (Wildman–Crippen MR) is 108 cm³/mol. The van der Waals surface area contributed by atoms with Crippen molar-refractivity contribution in [3.05, 3.63) is 95.5 Å². The van der Waals surface area contributed by atoms with Crippen LogP contribution in [0.5, 0.6) is 0 Å². The molecule has 0 aliphatic carbocycles. The van der Waals surface area contributed by atoms with Crippen LogP contribution >= 0.6 is 11.6 Å². The molecular weight excluding hydrogens is 354 g/mol. The van der Waals surface area contributed by atoms with E-state index in [1.54, 1.807) is 0 Å². The molecule has 1 aromatic heterocycles. The fraction of sp³-hybridized carbons (Fsp3) is 0. The van der Waals surface area contributed by atoms with Crippen LogP contribution in [-0.2, 0) is 0 Å². The van der Waals surface area contributed by atoms with Crippen molar-refractivity contribution < 1.29 is 0 Å². The van der Waals surface area contributed by atoms with Crippen LogP contribution in [0.1, 0.15) is 5.56 Å². The second-order valence-corrected chi connectivity index (χ2v) is 6.41. The first-order valence-electron chi connectivity index (χ1n) is 8.45. The standard InChI is InChI=1S/C23H14ClN3/c24-19-13-7-12-18(14-19)23-26-21(16-8-3-1-4-9-16)20(15-25)22(27-23)17-10-5-2-6-11-17/h1-14H. The van der Waals surface area contributed by atoms with Crippen molar-refractivity contribution in [1.82, 2.24) is 9.97 Å². The van der Waals surface area contributed by atoms with Gasteiger partial charge in [-0.3, -0.25) is 0 Å². The van der Waals surface area contributed by atoms with Gasteiger partial charge in [0.25, 0.3) is 0 Å². The highest BCUT2D eigenvalue weighted by Crippen LogP contribution is 2.32. The smallest absolute Gasteiger partial charge is 0.160 e. The third-order valence-electron chi connectivity index (χ3n) is 4.20. The molecule has 0 aliphatic rings. The van der Waals surface area contributed by atoms with Crippen LogP contribution in [0.3, 0.4) is 0 Å². The quantitative estimate of drug-likeness (QED) is 0.446. The molecule has 3 nitrogen and oxygen atoms in total. The average molecular weight is 368 g/mol. The third kappa shape index (κ3) is 3.44. The van der Waals surface area contributed by atoms with Gasteiger partial charge in [0.15, 0.2) is 5.82 Å². The van der Waals surface area contributed by atoms with Gasteiger partial charge in [0.05, 0.1) is 11.4 Å². The van der Waals surface area contributed by atoms with Crippen molar-refractivity contribution in [2.75, 3.05) is 0 Å². The normalized spacial score (nSPS) is 10.4. The van der Waals surface area contributed by atoms with Crippen LogP contribution in [0.25, 0.3) is 33.9 Å². The highest BCUT2D eigenvalue weighted by molar-refractivity contribution is 6.30. The summed E-state index contributed by atoms with van der Waals surface area (Å²) in [6, 6.07) is 29.1. The molecule has 0 fully saturated rings. The number of nitriles is 1. The fourth-order valence-corrected chi connectivity index (χ4v) is 3.12. The molecule has 27 heavy (non-hydrogen) atoms. The first kappa shape index (κ1) is 17.0. The highest BCUT2D eigenvalue weighted by atomic mass is 35.5. The number of hydrogen-bond donors (Lipinski definition) is 0. The van der Waals surface area contributed by atoms with Crippen molar-refractivity contribution in [2.45, 2.75) is 0 Å². The van der Waals surface area contributed by atoms with E-state index in [4.69, 9.17) is 21.6 Å². The van der Waals surface area contributed by atoms with Crippen LogP contribution in [0.15, 0.2) is 84.9 Å². The molecule has 0 unspecified atom stereocenters. The molecule has 0 atom stereocenters. The van der Waals surface area contributed by atoms with Gasteiger partial charge in [-0.15, -0.1) is 0 Å².